The van der Waals surface area contributed by atoms with Gasteiger partial charge in [-0.05, 0) is 110 Å². The molecule has 2 saturated carbocycles. The zero-order valence-electron chi connectivity index (χ0n) is 20.7. The molecule has 2 aromatic rings. The summed E-state index contributed by atoms with van der Waals surface area (Å²) < 4.78 is 49.7. The van der Waals surface area contributed by atoms with Gasteiger partial charge in [0.25, 0.3) is 0 Å². The van der Waals surface area contributed by atoms with Crippen molar-refractivity contribution in [3.8, 4) is 5.75 Å². The van der Waals surface area contributed by atoms with Gasteiger partial charge in [-0.25, -0.2) is 8.78 Å². The van der Waals surface area contributed by atoms with Gasteiger partial charge in [0.1, 0.15) is 5.82 Å². The number of hydrogen-bond acceptors (Lipinski definition) is 1. The van der Waals surface area contributed by atoms with E-state index in [2.05, 4.69) is 19.9 Å². The van der Waals surface area contributed by atoms with E-state index in [1.165, 1.54) is 6.42 Å². The Balaban J connectivity index is 1.29. The summed E-state index contributed by atoms with van der Waals surface area (Å²) in [6.07, 6.45) is 10.8. The van der Waals surface area contributed by atoms with E-state index in [1.807, 2.05) is 6.07 Å². The van der Waals surface area contributed by atoms with Gasteiger partial charge < -0.3 is 4.74 Å². The maximum Gasteiger partial charge on any atom is 0.200 e. The molecule has 2 aliphatic carbocycles. The van der Waals surface area contributed by atoms with Crippen molar-refractivity contribution in [1.82, 2.24) is 0 Å². The van der Waals surface area contributed by atoms with E-state index in [1.54, 1.807) is 18.2 Å². The summed E-state index contributed by atoms with van der Waals surface area (Å²) in [7, 11) is 0. The van der Waals surface area contributed by atoms with Gasteiger partial charge in [0.05, 0.1) is 6.61 Å². The van der Waals surface area contributed by atoms with E-state index in [4.69, 9.17) is 4.74 Å². The van der Waals surface area contributed by atoms with Crippen LogP contribution in [0.4, 0.5) is 13.2 Å². The van der Waals surface area contributed by atoms with Crippen LogP contribution in [0.2, 0.25) is 0 Å². The van der Waals surface area contributed by atoms with Crippen molar-refractivity contribution in [2.24, 2.45) is 11.8 Å². The Morgan fingerprint density at radius 2 is 1.44 bits per heavy atom. The van der Waals surface area contributed by atoms with Crippen LogP contribution in [0.15, 0.2) is 30.3 Å². The first-order valence-corrected chi connectivity index (χ1v) is 13.4. The molecule has 0 atom stereocenters. The fraction of sp³-hybridized carbons (Fsp3) is 0.600. The third-order valence-electron chi connectivity index (χ3n) is 8.33. The van der Waals surface area contributed by atoms with E-state index in [-0.39, 0.29) is 17.5 Å². The smallest absolute Gasteiger partial charge is 0.200 e. The summed E-state index contributed by atoms with van der Waals surface area (Å²) >= 11 is 0. The van der Waals surface area contributed by atoms with Crippen molar-refractivity contribution in [2.45, 2.75) is 96.3 Å². The van der Waals surface area contributed by atoms with Gasteiger partial charge in [-0.15, -0.1) is 0 Å². The van der Waals surface area contributed by atoms with E-state index in [0.717, 1.165) is 81.3 Å². The van der Waals surface area contributed by atoms with Crippen molar-refractivity contribution in [3.05, 3.63) is 64.5 Å². The molecule has 0 amide bonds. The van der Waals surface area contributed by atoms with E-state index < -0.39 is 11.6 Å². The Hall–Kier alpha value is -1.97. The predicted molar refractivity (Wildman–Crippen MR) is 132 cm³/mol. The Labute approximate surface area is 203 Å². The van der Waals surface area contributed by atoms with Crippen LogP contribution in [0.3, 0.4) is 0 Å². The highest BCUT2D eigenvalue weighted by atomic mass is 19.2. The van der Waals surface area contributed by atoms with Crippen LogP contribution in [0.25, 0.3) is 0 Å². The van der Waals surface area contributed by atoms with Crippen LogP contribution in [0.5, 0.6) is 5.75 Å². The molecule has 0 aliphatic heterocycles. The normalized spacial score (nSPS) is 25.3. The highest BCUT2D eigenvalue weighted by Gasteiger charge is 2.27. The zero-order valence-corrected chi connectivity index (χ0v) is 20.7. The van der Waals surface area contributed by atoms with Gasteiger partial charge >= 0.3 is 0 Å². The zero-order chi connectivity index (χ0) is 24.1. The van der Waals surface area contributed by atoms with Crippen LogP contribution in [0, 0.1) is 29.3 Å². The second-order valence-corrected chi connectivity index (χ2v) is 10.5. The summed E-state index contributed by atoms with van der Waals surface area (Å²) in [5, 5.41) is 0. The first kappa shape index (κ1) is 25.1. The molecule has 0 saturated heterocycles. The maximum absolute atomic E-state index is 14.9. The molecule has 34 heavy (non-hydrogen) atoms. The number of rotatable bonds is 8. The minimum absolute atomic E-state index is 0.0270. The lowest BCUT2D eigenvalue weighted by atomic mass is 9.77. The average Bonchev–Trinajstić information content (AvgIpc) is 2.87. The Kier molecular flexibility index (Phi) is 8.60. The molecule has 0 aromatic heterocycles. The van der Waals surface area contributed by atoms with Crippen LogP contribution in [-0.2, 0) is 6.42 Å². The lowest BCUT2D eigenvalue weighted by Crippen LogP contribution is -2.20. The number of ether oxygens (including phenoxy) is 1. The first-order chi connectivity index (χ1) is 16.5. The van der Waals surface area contributed by atoms with Crippen LogP contribution < -0.4 is 4.74 Å². The molecule has 4 heteroatoms. The third kappa shape index (κ3) is 5.80. The number of halogens is 3. The quantitative estimate of drug-likeness (QED) is 0.372. The van der Waals surface area contributed by atoms with Crippen LogP contribution in [0.1, 0.15) is 107 Å². The second kappa shape index (κ2) is 11.6. The van der Waals surface area contributed by atoms with E-state index in [0.29, 0.717) is 24.0 Å². The molecular formula is C30H39F3O. The summed E-state index contributed by atoms with van der Waals surface area (Å²) in [6, 6.07) is 9.06. The molecule has 4 rings (SSSR count). The van der Waals surface area contributed by atoms with Crippen molar-refractivity contribution < 1.29 is 17.9 Å². The summed E-state index contributed by atoms with van der Waals surface area (Å²) in [4.78, 5) is 0. The summed E-state index contributed by atoms with van der Waals surface area (Å²) in [6.45, 7) is 4.66. The molecular weight excluding hydrogens is 433 g/mol. The Bertz CT molecular complexity index is 940. The van der Waals surface area contributed by atoms with Crippen molar-refractivity contribution in [2.75, 3.05) is 6.61 Å². The number of benzene rings is 2. The van der Waals surface area contributed by atoms with Crippen LogP contribution >= 0.6 is 0 Å². The minimum atomic E-state index is -0.841. The SMILES string of the molecule is CCCc1ccc(C2CCC(COc3ccc(C4CCC(CC)CC4)c(F)c3F)CC2)cc1F. The average molecular weight is 473 g/mol. The fourth-order valence-electron chi connectivity index (χ4n) is 6.01. The number of hydrogen-bond donors (Lipinski definition) is 0. The molecule has 0 heterocycles. The first-order valence-electron chi connectivity index (χ1n) is 13.4. The lowest BCUT2D eigenvalue weighted by molar-refractivity contribution is 0.192. The molecule has 2 fully saturated rings. The topological polar surface area (TPSA) is 9.23 Å². The van der Waals surface area contributed by atoms with E-state index >= 15 is 0 Å². The molecule has 0 unspecified atom stereocenters. The van der Waals surface area contributed by atoms with Gasteiger partial charge in [0.15, 0.2) is 11.6 Å². The largest absolute Gasteiger partial charge is 0.490 e. The Morgan fingerprint density at radius 3 is 2.09 bits per heavy atom. The molecule has 0 radical (unpaired) electrons. The van der Waals surface area contributed by atoms with Crippen molar-refractivity contribution >= 4 is 0 Å². The molecule has 0 bridgehead atoms. The van der Waals surface area contributed by atoms with Crippen LogP contribution in [-0.4, -0.2) is 6.61 Å². The summed E-state index contributed by atoms with van der Waals surface area (Å²) in [5.41, 5.74) is 2.38. The number of aryl methyl sites for hydroxylation is 1. The predicted octanol–water partition coefficient (Wildman–Crippen LogP) is 9.09. The van der Waals surface area contributed by atoms with E-state index in [9.17, 15) is 13.2 Å². The highest BCUT2D eigenvalue weighted by molar-refractivity contribution is 5.33. The molecule has 2 aromatic carbocycles. The Morgan fingerprint density at radius 1 is 0.765 bits per heavy atom. The van der Waals surface area contributed by atoms with Crippen molar-refractivity contribution in [3.63, 3.8) is 0 Å². The monoisotopic (exact) mass is 472 g/mol. The summed E-state index contributed by atoms with van der Waals surface area (Å²) in [5.74, 6) is -0.127. The second-order valence-electron chi connectivity index (χ2n) is 10.5. The molecule has 0 N–H and O–H groups in total. The van der Waals surface area contributed by atoms with Gasteiger partial charge in [-0.2, -0.15) is 4.39 Å². The molecule has 186 valence electrons. The van der Waals surface area contributed by atoms with Gasteiger partial charge in [0, 0.05) is 0 Å². The van der Waals surface area contributed by atoms with Gasteiger partial charge in [0.2, 0.25) is 5.82 Å². The highest BCUT2D eigenvalue weighted by Crippen LogP contribution is 2.40. The maximum atomic E-state index is 14.9. The fourth-order valence-corrected chi connectivity index (χ4v) is 6.01. The van der Waals surface area contributed by atoms with Gasteiger partial charge in [-0.1, -0.05) is 44.9 Å². The minimum Gasteiger partial charge on any atom is -0.490 e. The lowest BCUT2D eigenvalue weighted by Gasteiger charge is -2.29. The molecule has 0 spiro atoms. The van der Waals surface area contributed by atoms with Gasteiger partial charge in [-0.3, -0.25) is 0 Å². The van der Waals surface area contributed by atoms with Crippen molar-refractivity contribution in [1.29, 1.82) is 0 Å². The third-order valence-corrected chi connectivity index (χ3v) is 8.33. The molecule has 2 aliphatic rings. The standard InChI is InChI=1S/C30H39F3O/c1-3-5-24-14-15-25(18-27(24)31)22-10-8-21(9-11-22)19-34-28-17-16-26(29(32)30(28)33)23-12-6-20(4-2)7-13-23/h14-18,20-23H,3-13,19H2,1-2H3. The molecule has 1 nitrogen and oxygen atoms in total.